The fourth-order valence-electron chi connectivity index (χ4n) is 3.55. The molecule has 1 aliphatic rings. The SMILES string of the molecule is CCN(CCNC(=O)C1CCCN1C(=O)c1cccs1)c1cccc(C)c1. The molecule has 1 aromatic carbocycles. The number of anilines is 1. The molecular formula is C21H27N3O2S. The number of hydrogen-bond donors (Lipinski definition) is 1. The van der Waals surface area contributed by atoms with Gasteiger partial charge in [-0.2, -0.15) is 0 Å². The standard InChI is InChI=1S/C21H27N3O2S/c1-3-23(17-8-4-7-16(2)15-17)13-11-22-20(25)18-9-5-12-24(18)21(26)19-10-6-14-27-19/h4,6-8,10,14-15,18H,3,5,9,11-13H2,1-2H3,(H,22,25). The van der Waals surface area contributed by atoms with Crippen molar-refractivity contribution in [3.8, 4) is 0 Å². The maximum Gasteiger partial charge on any atom is 0.264 e. The van der Waals surface area contributed by atoms with E-state index < -0.39 is 0 Å². The molecule has 0 aliphatic carbocycles. The van der Waals surface area contributed by atoms with Crippen LogP contribution in [-0.4, -0.2) is 48.9 Å². The number of thiophene rings is 1. The number of rotatable bonds is 7. The van der Waals surface area contributed by atoms with Crippen LogP contribution in [0.3, 0.4) is 0 Å². The van der Waals surface area contributed by atoms with Crippen LogP contribution in [-0.2, 0) is 4.79 Å². The number of carbonyl (C=O) groups excluding carboxylic acids is 2. The number of aryl methyl sites for hydroxylation is 1. The van der Waals surface area contributed by atoms with Gasteiger partial charge in [-0.05, 0) is 55.8 Å². The van der Waals surface area contributed by atoms with Crippen molar-refractivity contribution in [2.75, 3.05) is 31.1 Å². The second-order valence-electron chi connectivity index (χ2n) is 6.84. The summed E-state index contributed by atoms with van der Waals surface area (Å²) in [5, 5.41) is 4.92. The summed E-state index contributed by atoms with van der Waals surface area (Å²) in [6, 6.07) is 11.7. The fourth-order valence-corrected chi connectivity index (χ4v) is 4.23. The normalized spacial score (nSPS) is 16.4. The third kappa shape index (κ3) is 4.69. The maximum absolute atomic E-state index is 12.7. The largest absolute Gasteiger partial charge is 0.370 e. The number of carbonyl (C=O) groups is 2. The molecule has 0 saturated carbocycles. The van der Waals surface area contributed by atoms with Crippen molar-refractivity contribution in [1.29, 1.82) is 0 Å². The van der Waals surface area contributed by atoms with Gasteiger partial charge in [0.2, 0.25) is 5.91 Å². The zero-order valence-electron chi connectivity index (χ0n) is 16.0. The second kappa shape index (κ2) is 9.04. The summed E-state index contributed by atoms with van der Waals surface area (Å²) in [6.07, 6.45) is 1.61. The summed E-state index contributed by atoms with van der Waals surface area (Å²) in [4.78, 5) is 30.0. The minimum absolute atomic E-state index is 0.0300. The first-order valence-electron chi connectivity index (χ1n) is 9.54. The lowest BCUT2D eigenvalue weighted by molar-refractivity contribution is -0.124. The Morgan fingerprint density at radius 2 is 2.15 bits per heavy atom. The fraction of sp³-hybridized carbons (Fsp3) is 0.429. The monoisotopic (exact) mass is 385 g/mol. The number of nitrogens with zero attached hydrogens (tertiary/aromatic N) is 2. The molecule has 0 bridgehead atoms. The van der Waals surface area contributed by atoms with Crippen molar-refractivity contribution in [3.63, 3.8) is 0 Å². The van der Waals surface area contributed by atoms with Gasteiger partial charge in [-0.3, -0.25) is 9.59 Å². The second-order valence-corrected chi connectivity index (χ2v) is 7.79. The van der Waals surface area contributed by atoms with E-state index in [2.05, 4.69) is 48.3 Å². The lowest BCUT2D eigenvalue weighted by atomic mass is 10.2. The highest BCUT2D eigenvalue weighted by Gasteiger charge is 2.34. The molecule has 6 heteroatoms. The number of benzene rings is 1. The van der Waals surface area contributed by atoms with E-state index in [0.717, 1.165) is 25.9 Å². The van der Waals surface area contributed by atoms with Crippen molar-refractivity contribution in [1.82, 2.24) is 10.2 Å². The van der Waals surface area contributed by atoms with Crippen LogP contribution in [0.4, 0.5) is 5.69 Å². The molecule has 1 fully saturated rings. The molecule has 0 radical (unpaired) electrons. The molecule has 1 saturated heterocycles. The molecule has 0 spiro atoms. The number of likely N-dealkylation sites (N-methyl/N-ethyl adjacent to an activating group) is 1. The predicted octanol–water partition coefficient (Wildman–Crippen LogP) is 3.30. The Morgan fingerprint density at radius 1 is 1.30 bits per heavy atom. The van der Waals surface area contributed by atoms with Crippen LogP contribution in [0, 0.1) is 6.92 Å². The Bertz CT molecular complexity index is 775. The quantitative estimate of drug-likeness (QED) is 0.796. The van der Waals surface area contributed by atoms with Crippen molar-refractivity contribution in [2.45, 2.75) is 32.7 Å². The van der Waals surface area contributed by atoms with E-state index in [9.17, 15) is 9.59 Å². The zero-order chi connectivity index (χ0) is 19.2. The Morgan fingerprint density at radius 3 is 2.85 bits per heavy atom. The Kier molecular flexibility index (Phi) is 6.50. The number of nitrogens with one attached hydrogen (secondary N) is 1. The van der Waals surface area contributed by atoms with Crippen LogP contribution < -0.4 is 10.2 Å². The van der Waals surface area contributed by atoms with E-state index in [0.29, 0.717) is 18.0 Å². The highest BCUT2D eigenvalue weighted by atomic mass is 32.1. The highest BCUT2D eigenvalue weighted by Crippen LogP contribution is 2.22. The number of likely N-dealkylation sites (tertiary alicyclic amines) is 1. The molecule has 1 N–H and O–H groups in total. The van der Waals surface area contributed by atoms with Crippen molar-refractivity contribution < 1.29 is 9.59 Å². The first-order valence-corrected chi connectivity index (χ1v) is 10.4. The van der Waals surface area contributed by atoms with Gasteiger partial charge < -0.3 is 15.1 Å². The smallest absolute Gasteiger partial charge is 0.264 e. The molecule has 1 atom stereocenters. The Hall–Kier alpha value is -2.34. The van der Waals surface area contributed by atoms with Crippen molar-refractivity contribution in [2.24, 2.45) is 0 Å². The molecule has 2 aromatic rings. The summed E-state index contributed by atoms with van der Waals surface area (Å²) < 4.78 is 0. The molecule has 1 aromatic heterocycles. The van der Waals surface area contributed by atoms with Crippen LogP contribution >= 0.6 is 11.3 Å². The highest BCUT2D eigenvalue weighted by molar-refractivity contribution is 7.12. The minimum atomic E-state index is -0.353. The third-order valence-electron chi connectivity index (χ3n) is 4.98. The molecule has 1 aliphatic heterocycles. The van der Waals surface area contributed by atoms with E-state index in [4.69, 9.17) is 0 Å². The van der Waals surface area contributed by atoms with Crippen LogP contribution in [0.5, 0.6) is 0 Å². The molecule has 144 valence electrons. The lowest BCUT2D eigenvalue weighted by Crippen LogP contribution is -2.47. The topological polar surface area (TPSA) is 52.7 Å². The molecule has 2 heterocycles. The van der Waals surface area contributed by atoms with Crippen LogP contribution in [0.2, 0.25) is 0 Å². The van der Waals surface area contributed by atoms with Gasteiger partial charge in [-0.1, -0.05) is 18.2 Å². The lowest BCUT2D eigenvalue weighted by Gasteiger charge is -2.26. The van der Waals surface area contributed by atoms with E-state index in [1.54, 1.807) is 4.90 Å². The molecule has 5 nitrogen and oxygen atoms in total. The first-order chi connectivity index (χ1) is 13.1. The van der Waals surface area contributed by atoms with Gasteiger partial charge in [0.05, 0.1) is 4.88 Å². The molecule has 3 rings (SSSR count). The summed E-state index contributed by atoms with van der Waals surface area (Å²) in [5.74, 6) is -0.0738. The summed E-state index contributed by atoms with van der Waals surface area (Å²) in [7, 11) is 0. The van der Waals surface area contributed by atoms with Gasteiger partial charge in [-0.15, -0.1) is 11.3 Å². The number of hydrogen-bond acceptors (Lipinski definition) is 4. The minimum Gasteiger partial charge on any atom is -0.370 e. The van der Waals surface area contributed by atoms with E-state index in [1.807, 2.05) is 17.5 Å². The van der Waals surface area contributed by atoms with Crippen LogP contribution in [0.25, 0.3) is 0 Å². The zero-order valence-corrected chi connectivity index (χ0v) is 16.8. The molecular weight excluding hydrogens is 358 g/mol. The number of amides is 2. The third-order valence-corrected chi connectivity index (χ3v) is 5.84. The first kappa shape index (κ1) is 19.4. The summed E-state index contributed by atoms with van der Waals surface area (Å²) in [5.41, 5.74) is 2.39. The average molecular weight is 386 g/mol. The van der Waals surface area contributed by atoms with Gasteiger partial charge in [0.15, 0.2) is 0 Å². The van der Waals surface area contributed by atoms with Gasteiger partial charge in [0.25, 0.3) is 5.91 Å². The average Bonchev–Trinajstić information content (AvgIpc) is 3.36. The predicted molar refractivity (Wildman–Crippen MR) is 110 cm³/mol. The molecule has 2 amide bonds. The van der Waals surface area contributed by atoms with Gasteiger partial charge in [0, 0.05) is 31.9 Å². The van der Waals surface area contributed by atoms with Gasteiger partial charge in [0.1, 0.15) is 6.04 Å². The summed E-state index contributed by atoms with van der Waals surface area (Å²) >= 11 is 1.43. The maximum atomic E-state index is 12.7. The Balaban J connectivity index is 1.54. The van der Waals surface area contributed by atoms with Gasteiger partial charge in [-0.25, -0.2) is 0 Å². The van der Waals surface area contributed by atoms with Gasteiger partial charge >= 0.3 is 0 Å². The molecule has 27 heavy (non-hydrogen) atoms. The van der Waals surface area contributed by atoms with E-state index in [1.165, 1.54) is 22.6 Å². The van der Waals surface area contributed by atoms with Crippen molar-refractivity contribution in [3.05, 3.63) is 52.2 Å². The van der Waals surface area contributed by atoms with E-state index >= 15 is 0 Å². The van der Waals surface area contributed by atoms with Crippen molar-refractivity contribution >= 4 is 28.8 Å². The van der Waals surface area contributed by atoms with Crippen LogP contribution in [0.15, 0.2) is 41.8 Å². The molecule has 1 unspecified atom stereocenters. The summed E-state index contributed by atoms with van der Waals surface area (Å²) in [6.45, 7) is 7.04. The van der Waals surface area contributed by atoms with Crippen LogP contribution in [0.1, 0.15) is 35.0 Å². The Labute approximate surface area is 165 Å². The van der Waals surface area contributed by atoms with E-state index in [-0.39, 0.29) is 17.9 Å².